The normalized spacial score (nSPS) is 10.3. The van der Waals surface area contributed by atoms with Gasteiger partial charge in [-0.15, -0.1) is 0 Å². The third-order valence-electron chi connectivity index (χ3n) is 2.98. The number of hydrazone groups is 1. The van der Waals surface area contributed by atoms with Crippen molar-refractivity contribution in [2.24, 2.45) is 5.10 Å². The van der Waals surface area contributed by atoms with Crippen molar-refractivity contribution in [3.05, 3.63) is 54.1 Å². The average Bonchev–Trinajstić information content (AvgIpc) is 2.57. The number of phenolic OH excluding ortho intramolecular Hbond substituents is 1. The molecule has 0 aromatic heterocycles. The van der Waals surface area contributed by atoms with Gasteiger partial charge in [0.05, 0.1) is 6.21 Å². The van der Waals surface area contributed by atoms with Crippen molar-refractivity contribution in [1.82, 2.24) is 5.43 Å². The van der Waals surface area contributed by atoms with Gasteiger partial charge in [-0.2, -0.15) is 5.10 Å². The Kier molecular flexibility index (Phi) is 5.83. The van der Waals surface area contributed by atoms with Crippen molar-refractivity contribution in [2.75, 3.05) is 10.6 Å². The zero-order chi connectivity index (χ0) is 18.2. The number of benzene rings is 2. The molecular formula is C17H16N4O4. The maximum absolute atomic E-state index is 11.8. The molecule has 0 unspecified atom stereocenters. The molecule has 0 saturated carbocycles. The molecule has 0 heterocycles. The largest absolute Gasteiger partial charge is 0.507 e. The quantitative estimate of drug-likeness (QED) is 0.382. The molecule has 128 valence electrons. The van der Waals surface area contributed by atoms with Crippen molar-refractivity contribution < 1.29 is 19.5 Å². The highest BCUT2D eigenvalue weighted by Crippen LogP contribution is 2.14. The number of aromatic hydroxyl groups is 1. The third kappa shape index (κ3) is 5.47. The molecule has 2 rings (SSSR count). The molecule has 2 aromatic carbocycles. The number of para-hydroxylation sites is 1. The standard InChI is InChI=1S/C17H16N4O4/c1-11(22)19-13-6-8-14(9-7-13)20-16(24)17(25)21-18-10-12-4-2-3-5-15(12)23/h2-10,23H,1H3,(H,19,22)(H,20,24)(H,21,25). The fourth-order valence-electron chi connectivity index (χ4n) is 1.84. The molecule has 4 N–H and O–H groups in total. The first-order chi connectivity index (χ1) is 12.0. The molecule has 8 nitrogen and oxygen atoms in total. The van der Waals surface area contributed by atoms with E-state index in [1.54, 1.807) is 42.5 Å². The van der Waals surface area contributed by atoms with E-state index in [9.17, 15) is 19.5 Å². The Morgan fingerprint density at radius 3 is 2.12 bits per heavy atom. The maximum Gasteiger partial charge on any atom is 0.329 e. The van der Waals surface area contributed by atoms with Gasteiger partial charge in [-0.3, -0.25) is 14.4 Å². The minimum Gasteiger partial charge on any atom is -0.507 e. The fraction of sp³-hybridized carbons (Fsp3) is 0.0588. The Balaban J connectivity index is 1.89. The Morgan fingerprint density at radius 1 is 0.920 bits per heavy atom. The van der Waals surface area contributed by atoms with Crippen molar-refractivity contribution in [2.45, 2.75) is 6.92 Å². The van der Waals surface area contributed by atoms with Gasteiger partial charge in [0, 0.05) is 23.9 Å². The summed E-state index contributed by atoms with van der Waals surface area (Å²) in [5, 5.41) is 18.1. The van der Waals surface area contributed by atoms with Crippen LogP contribution in [0.25, 0.3) is 0 Å². The molecule has 0 aliphatic heterocycles. The van der Waals surface area contributed by atoms with Crippen LogP contribution in [0.3, 0.4) is 0 Å². The van der Waals surface area contributed by atoms with E-state index in [1.807, 2.05) is 0 Å². The van der Waals surface area contributed by atoms with Gasteiger partial charge in [0.1, 0.15) is 5.75 Å². The summed E-state index contributed by atoms with van der Waals surface area (Å²) in [7, 11) is 0. The third-order valence-corrected chi connectivity index (χ3v) is 2.98. The zero-order valence-corrected chi connectivity index (χ0v) is 13.3. The minimum absolute atomic E-state index is 0.00390. The highest BCUT2D eigenvalue weighted by molar-refractivity contribution is 6.39. The lowest BCUT2D eigenvalue weighted by molar-refractivity contribution is -0.136. The number of carbonyl (C=O) groups is 3. The van der Waals surface area contributed by atoms with Gasteiger partial charge in [-0.25, -0.2) is 5.43 Å². The molecule has 8 heteroatoms. The molecule has 0 bridgehead atoms. The first-order valence-corrected chi connectivity index (χ1v) is 7.26. The second kappa shape index (κ2) is 8.25. The Labute approximate surface area is 143 Å². The van der Waals surface area contributed by atoms with Gasteiger partial charge in [-0.05, 0) is 36.4 Å². The van der Waals surface area contributed by atoms with E-state index in [1.165, 1.54) is 19.2 Å². The van der Waals surface area contributed by atoms with E-state index in [4.69, 9.17) is 0 Å². The van der Waals surface area contributed by atoms with Crippen molar-refractivity contribution >= 4 is 35.3 Å². The second-order valence-electron chi connectivity index (χ2n) is 4.97. The Morgan fingerprint density at radius 2 is 1.52 bits per heavy atom. The van der Waals surface area contributed by atoms with E-state index in [-0.39, 0.29) is 11.7 Å². The molecule has 0 spiro atoms. The molecule has 0 aliphatic rings. The van der Waals surface area contributed by atoms with Crippen LogP contribution in [0.4, 0.5) is 11.4 Å². The first kappa shape index (κ1) is 17.7. The fourth-order valence-corrected chi connectivity index (χ4v) is 1.84. The van der Waals surface area contributed by atoms with E-state index >= 15 is 0 Å². The average molecular weight is 340 g/mol. The molecule has 0 radical (unpaired) electrons. The maximum atomic E-state index is 11.8. The van der Waals surface area contributed by atoms with E-state index < -0.39 is 11.8 Å². The zero-order valence-electron chi connectivity index (χ0n) is 13.3. The van der Waals surface area contributed by atoms with Crippen molar-refractivity contribution in [3.63, 3.8) is 0 Å². The number of hydrogen-bond acceptors (Lipinski definition) is 5. The van der Waals surface area contributed by atoms with Gasteiger partial charge >= 0.3 is 11.8 Å². The Bertz CT molecular complexity index is 816. The lowest BCUT2D eigenvalue weighted by atomic mass is 10.2. The van der Waals surface area contributed by atoms with E-state index in [2.05, 4.69) is 21.2 Å². The number of hydrogen-bond donors (Lipinski definition) is 4. The SMILES string of the molecule is CC(=O)Nc1ccc(NC(=O)C(=O)NN=Cc2ccccc2O)cc1. The van der Waals surface area contributed by atoms with Gasteiger partial charge in [-0.1, -0.05) is 12.1 Å². The number of nitrogens with one attached hydrogen (secondary N) is 3. The van der Waals surface area contributed by atoms with Crippen LogP contribution in [0.1, 0.15) is 12.5 Å². The van der Waals surface area contributed by atoms with Crippen molar-refractivity contribution in [1.29, 1.82) is 0 Å². The molecule has 25 heavy (non-hydrogen) atoms. The number of rotatable bonds is 4. The second-order valence-corrected chi connectivity index (χ2v) is 4.97. The summed E-state index contributed by atoms with van der Waals surface area (Å²) < 4.78 is 0. The van der Waals surface area contributed by atoms with Crippen LogP contribution >= 0.6 is 0 Å². The Hall–Kier alpha value is -3.68. The van der Waals surface area contributed by atoms with Gasteiger partial charge in [0.25, 0.3) is 0 Å². The van der Waals surface area contributed by atoms with Gasteiger partial charge < -0.3 is 15.7 Å². The molecule has 0 fully saturated rings. The van der Waals surface area contributed by atoms with Crippen LogP contribution in [-0.2, 0) is 14.4 Å². The lowest BCUT2D eigenvalue weighted by Gasteiger charge is -2.06. The summed E-state index contributed by atoms with van der Waals surface area (Å²) in [6.07, 6.45) is 1.22. The molecule has 2 aromatic rings. The van der Waals surface area contributed by atoms with Crippen LogP contribution in [0.5, 0.6) is 5.75 Å². The van der Waals surface area contributed by atoms with Crippen LogP contribution in [0.2, 0.25) is 0 Å². The number of nitrogens with zero attached hydrogens (tertiary/aromatic N) is 1. The van der Waals surface area contributed by atoms with Crippen molar-refractivity contribution in [3.8, 4) is 5.75 Å². The predicted molar refractivity (Wildman–Crippen MR) is 93.2 cm³/mol. The smallest absolute Gasteiger partial charge is 0.329 e. The topological polar surface area (TPSA) is 120 Å². The van der Waals surface area contributed by atoms with E-state index in [0.29, 0.717) is 16.9 Å². The number of phenols is 1. The summed E-state index contributed by atoms with van der Waals surface area (Å²) in [4.78, 5) is 34.4. The van der Waals surface area contributed by atoms with Crippen LogP contribution in [-0.4, -0.2) is 29.0 Å². The van der Waals surface area contributed by atoms with Gasteiger partial charge in [0.2, 0.25) is 5.91 Å². The summed E-state index contributed by atoms with van der Waals surface area (Å²) in [6, 6.07) is 12.7. The molecule has 0 aliphatic carbocycles. The summed E-state index contributed by atoms with van der Waals surface area (Å²) >= 11 is 0. The highest BCUT2D eigenvalue weighted by Gasteiger charge is 2.12. The molecular weight excluding hydrogens is 324 g/mol. The van der Waals surface area contributed by atoms with Gasteiger partial charge in [0.15, 0.2) is 0 Å². The molecule has 3 amide bonds. The summed E-state index contributed by atoms with van der Waals surface area (Å²) in [5.74, 6) is -2.07. The number of carbonyl (C=O) groups excluding carboxylic acids is 3. The number of anilines is 2. The summed E-state index contributed by atoms with van der Waals surface area (Å²) in [5.41, 5.74) is 3.43. The highest BCUT2D eigenvalue weighted by atomic mass is 16.3. The molecule has 0 saturated heterocycles. The van der Waals surface area contributed by atoms with Crippen LogP contribution in [0.15, 0.2) is 53.6 Å². The van der Waals surface area contributed by atoms with Crippen LogP contribution in [0, 0.1) is 0 Å². The summed E-state index contributed by atoms with van der Waals surface area (Å²) in [6.45, 7) is 1.38. The lowest BCUT2D eigenvalue weighted by Crippen LogP contribution is -2.32. The monoisotopic (exact) mass is 340 g/mol. The predicted octanol–water partition coefficient (Wildman–Crippen LogP) is 1.44. The molecule has 0 atom stereocenters. The first-order valence-electron chi connectivity index (χ1n) is 7.26. The minimum atomic E-state index is -0.961. The van der Waals surface area contributed by atoms with E-state index in [0.717, 1.165) is 0 Å². The van der Waals surface area contributed by atoms with Crippen LogP contribution < -0.4 is 16.1 Å². The number of amides is 3.